The van der Waals surface area contributed by atoms with E-state index in [9.17, 15) is 0 Å². The van der Waals surface area contributed by atoms with E-state index < -0.39 is 0 Å². The van der Waals surface area contributed by atoms with Gasteiger partial charge in [0.2, 0.25) is 0 Å². The molecular formula is C21H40N4. The number of piperidine rings is 3. The second-order valence-corrected chi connectivity index (χ2v) is 9.40. The molecule has 0 radical (unpaired) electrons. The van der Waals surface area contributed by atoms with Crippen molar-refractivity contribution in [3.63, 3.8) is 0 Å². The molecule has 4 saturated heterocycles. The Labute approximate surface area is 155 Å². The average molecular weight is 349 g/mol. The van der Waals surface area contributed by atoms with Crippen LogP contribution < -0.4 is 0 Å². The lowest BCUT2D eigenvalue weighted by Gasteiger charge is -2.52. The van der Waals surface area contributed by atoms with E-state index in [4.69, 9.17) is 0 Å². The summed E-state index contributed by atoms with van der Waals surface area (Å²) < 4.78 is 0. The van der Waals surface area contributed by atoms with Gasteiger partial charge in [0.05, 0.1) is 0 Å². The maximum absolute atomic E-state index is 2.90. The van der Waals surface area contributed by atoms with Crippen LogP contribution in [-0.4, -0.2) is 98.1 Å². The Kier molecular flexibility index (Phi) is 6.01. The summed E-state index contributed by atoms with van der Waals surface area (Å²) in [4.78, 5) is 11.0. The number of nitrogens with zero attached hydrogens (tertiary/aromatic N) is 4. The van der Waals surface area contributed by atoms with Crippen molar-refractivity contribution in [1.82, 2.24) is 19.6 Å². The van der Waals surface area contributed by atoms with Crippen LogP contribution >= 0.6 is 0 Å². The van der Waals surface area contributed by atoms with E-state index >= 15 is 0 Å². The highest BCUT2D eigenvalue weighted by Gasteiger charge is 2.44. The highest BCUT2D eigenvalue weighted by atomic mass is 15.2. The van der Waals surface area contributed by atoms with Crippen molar-refractivity contribution >= 4 is 0 Å². The number of hydrogen-bond acceptors (Lipinski definition) is 4. The Bertz CT molecular complexity index is 416. The topological polar surface area (TPSA) is 13.0 Å². The lowest BCUT2D eigenvalue weighted by atomic mass is 9.73. The van der Waals surface area contributed by atoms with Crippen LogP contribution in [0, 0.1) is 11.8 Å². The van der Waals surface area contributed by atoms with E-state index in [2.05, 4.69) is 33.7 Å². The fourth-order valence-corrected chi connectivity index (χ4v) is 6.35. The third kappa shape index (κ3) is 4.07. The van der Waals surface area contributed by atoms with Crippen LogP contribution in [0.1, 0.15) is 44.9 Å². The maximum Gasteiger partial charge on any atom is 0.0152 e. The van der Waals surface area contributed by atoms with Gasteiger partial charge in [-0.15, -0.1) is 0 Å². The molecule has 4 aliphatic heterocycles. The van der Waals surface area contributed by atoms with Gasteiger partial charge in [-0.3, -0.25) is 0 Å². The van der Waals surface area contributed by atoms with Gasteiger partial charge < -0.3 is 19.6 Å². The van der Waals surface area contributed by atoms with Crippen molar-refractivity contribution in [2.75, 3.05) is 66.5 Å². The fraction of sp³-hybridized carbons (Fsp3) is 1.00. The first-order chi connectivity index (χ1) is 12.2. The summed E-state index contributed by atoms with van der Waals surface area (Å²) in [6, 6.07) is 1.69. The molecule has 0 spiro atoms. The molecule has 0 bridgehead atoms. The normalized spacial score (nSPS) is 40.6. The third-order valence-corrected chi connectivity index (χ3v) is 7.67. The first-order valence-corrected chi connectivity index (χ1v) is 11.1. The van der Waals surface area contributed by atoms with E-state index in [0.29, 0.717) is 0 Å². The average Bonchev–Trinajstić information content (AvgIpc) is 3.17. The first kappa shape index (κ1) is 18.2. The molecule has 25 heavy (non-hydrogen) atoms. The molecule has 4 atom stereocenters. The molecule has 0 aromatic rings. The Hall–Kier alpha value is -0.160. The molecule has 0 aromatic carbocycles. The predicted molar refractivity (Wildman–Crippen MR) is 105 cm³/mol. The van der Waals surface area contributed by atoms with Crippen molar-refractivity contribution in [3.05, 3.63) is 0 Å². The lowest BCUT2D eigenvalue weighted by molar-refractivity contribution is -0.0262. The van der Waals surface area contributed by atoms with Crippen LogP contribution in [0.2, 0.25) is 0 Å². The number of likely N-dealkylation sites (tertiary alicyclic amines) is 4. The molecule has 0 aliphatic carbocycles. The molecule has 4 nitrogen and oxygen atoms in total. The summed E-state index contributed by atoms with van der Waals surface area (Å²) in [5.41, 5.74) is 0. The molecule has 4 heterocycles. The van der Waals surface area contributed by atoms with Crippen LogP contribution in [-0.2, 0) is 0 Å². The zero-order chi connectivity index (χ0) is 17.2. The van der Waals surface area contributed by atoms with Crippen LogP contribution in [0.3, 0.4) is 0 Å². The highest BCUT2D eigenvalue weighted by molar-refractivity contribution is 4.98. The van der Waals surface area contributed by atoms with E-state index in [-0.39, 0.29) is 0 Å². The van der Waals surface area contributed by atoms with Gasteiger partial charge in [-0.2, -0.15) is 0 Å². The quantitative estimate of drug-likeness (QED) is 0.775. The Morgan fingerprint density at radius 3 is 1.36 bits per heavy atom. The molecule has 4 aliphatic rings. The summed E-state index contributed by atoms with van der Waals surface area (Å²) in [6.07, 6.45) is 9.97. The van der Waals surface area contributed by atoms with Gasteiger partial charge in [0.15, 0.2) is 0 Å². The Morgan fingerprint density at radius 1 is 0.520 bits per heavy atom. The minimum absolute atomic E-state index is 0.845. The summed E-state index contributed by atoms with van der Waals surface area (Å²) >= 11 is 0. The van der Waals surface area contributed by atoms with E-state index in [1.807, 2.05) is 0 Å². The molecule has 4 unspecified atom stereocenters. The van der Waals surface area contributed by atoms with Crippen LogP contribution in [0.5, 0.6) is 0 Å². The monoisotopic (exact) mass is 348 g/mol. The fourth-order valence-electron chi connectivity index (χ4n) is 6.35. The molecular weight excluding hydrogens is 308 g/mol. The second-order valence-electron chi connectivity index (χ2n) is 9.40. The summed E-state index contributed by atoms with van der Waals surface area (Å²) in [6.45, 7) is 10.7. The third-order valence-electron chi connectivity index (χ3n) is 7.67. The summed E-state index contributed by atoms with van der Waals surface area (Å²) in [5.74, 6) is 1.73. The summed E-state index contributed by atoms with van der Waals surface area (Å²) in [7, 11) is 4.71. The Morgan fingerprint density at radius 2 is 0.920 bits per heavy atom. The molecule has 4 rings (SSSR count). The molecule has 0 amide bonds. The lowest BCUT2D eigenvalue weighted by Crippen LogP contribution is -2.60. The molecule has 0 saturated carbocycles. The van der Waals surface area contributed by atoms with Crippen molar-refractivity contribution in [2.45, 2.75) is 57.0 Å². The molecule has 4 fully saturated rings. The van der Waals surface area contributed by atoms with Gasteiger partial charge in [-0.25, -0.2) is 0 Å². The minimum Gasteiger partial charge on any atom is -0.306 e. The molecule has 144 valence electrons. The van der Waals surface area contributed by atoms with Gasteiger partial charge in [-0.1, -0.05) is 6.42 Å². The molecule has 0 N–H and O–H groups in total. The smallest absolute Gasteiger partial charge is 0.0152 e. The van der Waals surface area contributed by atoms with Gasteiger partial charge in [-0.05, 0) is 104 Å². The number of rotatable bonds is 3. The van der Waals surface area contributed by atoms with Crippen LogP contribution in [0.25, 0.3) is 0 Å². The van der Waals surface area contributed by atoms with E-state index in [0.717, 1.165) is 23.9 Å². The summed E-state index contributed by atoms with van der Waals surface area (Å²) in [5, 5.41) is 0. The van der Waals surface area contributed by atoms with Gasteiger partial charge in [0, 0.05) is 25.2 Å². The van der Waals surface area contributed by atoms with Crippen molar-refractivity contribution in [3.8, 4) is 0 Å². The van der Waals surface area contributed by atoms with Crippen molar-refractivity contribution < 1.29 is 0 Å². The number of hydrogen-bond donors (Lipinski definition) is 0. The second kappa shape index (κ2) is 8.24. The van der Waals surface area contributed by atoms with E-state index in [1.165, 1.54) is 97.3 Å². The Balaban J connectivity index is 1.54. The predicted octanol–water partition coefficient (Wildman–Crippen LogP) is 2.21. The first-order valence-electron chi connectivity index (χ1n) is 11.1. The molecule has 4 heteroatoms. The van der Waals surface area contributed by atoms with Crippen LogP contribution in [0.4, 0.5) is 0 Å². The maximum atomic E-state index is 2.90. The van der Waals surface area contributed by atoms with Gasteiger partial charge in [0.25, 0.3) is 0 Å². The SMILES string of the molecule is CN1CCC(N2CCCCC2)C(C2CN(C)CCC2N2CCCC2)C1. The van der Waals surface area contributed by atoms with Crippen LogP contribution in [0.15, 0.2) is 0 Å². The van der Waals surface area contributed by atoms with Gasteiger partial charge >= 0.3 is 0 Å². The zero-order valence-electron chi connectivity index (χ0n) is 16.7. The van der Waals surface area contributed by atoms with Crippen molar-refractivity contribution in [2.24, 2.45) is 11.8 Å². The largest absolute Gasteiger partial charge is 0.306 e. The molecule has 0 aromatic heterocycles. The van der Waals surface area contributed by atoms with Gasteiger partial charge in [0.1, 0.15) is 0 Å². The zero-order valence-corrected chi connectivity index (χ0v) is 16.7. The van der Waals surface area contributed by atoms with E-state index in [1.54, 1.807) is 0 Å². The van der Waals surface area contributed by atoms with Crippen molar-refractivity contribution in [1.29, 1.82) is 0 Å². The highest BCUT2D eigenvalue weighted by Crippen LogP contribution is 2.37. The minimum atomic E-state index is 0.845. The standard InChI is InChI=1S/C21H40N4/c1-22-14-8-20(24-10-4-3-5-11-24)18(16-22)19-17-23(2)15-9-21(19)25-12-6-7-13-25/h18-21H,3-17H2,1-2H3.